The van der Waals surface area contributed by atoms with Crippen molar-refractivity contribution in [2.45, 2.75) is 58.0 Å². The molecule has 0 N–H and O–H groups in total. The van der Waals surface area contributed by atoms with E-state index in [-0.39, 0.29) is 11.4 Å². The molecule has 0 aromatic carbocycles. The number of nitrogens with zero attached hydrogens (tertiary/aromatic N) is 1. The molecular weight excluding hydrogens is 186 g/mol. The van der Waals surface area contributed by atoms with Gasteiger partial charge in [-0.15, -0.1) is 0 Å². The zero-order chi connectivity index (χ0) is 9.84. The summed E-state index contributed by atoms with van der Waals surface area (Å²) in [5.74, 6) is 0. The SMILES string of the molecule is CC(C)N(C(=O)Cl)C1CCCCC1. The Kier molecular flexibility index (Phi) is 4.04. The highest BCUT2D eigenvalue weighted by Crippen LogP contribution is 2.25. The lowest BCUT2D eigenvalue weighted by molar-refractivity contribution is 0.153. The van der Waals surface area contributed by atoms with E-state index < -0.39 is 0 Å². The van der Waals surface area contributed by atoms with E-state index in [1.165, 1.54) is 19.3 Å². The average molecular weight is 204 g/mol. The molecule has 0 saturated heterocycles. The molecule has 1 amide bonds. The van der Waals surface area contributed by atoms with Gasteiger partial charge in [-0.2, -0.15) is 0 Å². The fourth-order valence-corrected chi connectivity index (χ4v) is 2.46. The van der Waals surface area contributed by atoms with E-state index in [9.17, 15) is 4.79 Å². The smallest absolute Gasteiger partial charge is 0.316 e. The van der Waals surface area contributed by atoms with Crippen molar-refractivity contribution < 1.29 is 4.79 Å². The van der Waals surface area contributed by atoms with Crippen LogP contribution in [-0.2, 0) is 0 Å². The van der Waals surface area contributed by atoms with Crippen LogP contribution in [0.5, 0.6) is 0 Å². The highest BCUT2D eigenvalue weighted by atomic mass is 35.5. The van der Waals surface area contributed by atoms with Crippen LogP contribution in [-0.4, -0.2) is 22.3 Å². The van der Waals surface area contributed by atoms with Crippen LogP contribution in [0.4, 0.5) is 4.79 Å². The number of amides is 1. The third kappa shape index (κ3) is 2.87. The van der Waals surface area contributed by atoms with Crippen molar-refractivity contribution >= 4 is 17.0 Å². The van der Waals surface area contributed by atoms with E-state index in [1.54, 1.807) is 0 Å². The molecule has 3 heteroatoms. The van der Waals surface area contributed by atoms with Gasteiger partial charge in [-0.3, -0.25) is 4.79 Å². The van der Waals surface area contributed by atoms with Crippen LogP contribution in [0.3, 0.4) is 0 Å². The van der Waals surface area contributed by atoms with Crippen LogP contribution >= 0.6 is 11.6 Å². The Morgan fingerprint density at radius 2 is 1.85 bits per heavy atom. The highest BCUT2D eigenvalue weighted by molar-refractivity contribution is 6.62. The fourth-order valence-electron chi connectivity index (χ4n) is 2.13. The van der Waals surface area contributed by atoms with Gasteiger partial charge in [-0.05, 0) is 38.3 Å². The van der Waals surface area contributed by atoms with Gasteiger partial charge in [0.15, 0.2) is 0 Å². The summed E-state index contributed by atoms with van der Waals surface area (Å²) in [6.45, 7) is 4.05. The zero-order valence-electron chi connectivity index (χ0n) is 8.42. The lowest BCUT2D eigenvalue weighted by Crippen LogP contribution is -2.43. The van der Waals surface area contributed by atoms with Crippen LogP contribution in [0.2, 0.25) is 0 Å². The third-order valence-corrected chi connectivity index (χ3v) is 2.92. The summed E-state index contributed by atoms with van der Waals surface area (Å²) in [6.07, 6.45) is 6.02. The third-order valence-electron chi connectivity index (χ3n) is 2.73. The molecule has 0 radical (unpaired) electrons. The van der Waals surface area contributed by atoms with Gasteiger partial charge in [0.1, 0.15) is 0 Å². The quantitative estimate of drug-likeness (QED) is 0.498. The van der Waals surface area contributed by atoms with Crippen molar-refractivity contribution in [1.29, 1.82) is 0 Å². The largest absolute Gasteiger partial charge is 0.324 e. The summed E-state index contributed by atoms with van der Waals surface area (Å²) in [7, 11) is 0. The minimum atomic E-state index is -0.290. The molecule has 0 unspecified atom stereocenters. The Bertz CT molecular complexity index is 176. The first-order chi connectivity index (χ1) is 6.13. The molecule has 0 bridgehead atoms. The Labute approximate surface area is 85.2 Å². The van der Waals surface area contributed by atoms with Crippen LogP contribution in [0.25, 0.3) is 0 Å². The number of carbonyl (C=O) groups is 1. The molecule has 0 spiro atoms. The number of carbonyl (C=O) groups excluding carboxylic acids is 1. The molecule has 0 aliphatic heterocycles. The lowest BCUT2D eigenvalue weighted by Gasteiger charge is -2.35. The first-order valence-corrected chi connectivity index (χ1v) is 5.48. The minimum Gasteiger partial charge on any atom is -0.324 e. The Morgan fingerprint density at radius 1 is 1.31 bits per heavy atom. The molecule has 13 heavy (non-hydrogen) atoms. The second kappa shape index (κ2) is 4.85. The molecule has 2 nitrogen and oxygen atoms in total. The molecule has 76 valence electrons. The predicted octanol–water partition coefficient (Wildman–Crippen LogP) is 3.39. The Hall–Kier alpha value is -0.240. The van der Waals surface area contributed by atoms with Gasteiger partial charge in [0.2, 0.25) is 0 Å². The Morgan fingerprint density at radius 3 is 2.23 bits per heavy atom. The first-order valence-electron chi connectivity index (χ1n) is 5.10. The molecule has 1 fully saturated rings. The number of hydrogen-bond donors (Lipinski definition) is 0. The van der Waals surface area contributed by atoms with Gasteiger partial charge in [-0.1, -0.05) is 19.3 Å². The maximum atomic E-state index is 11.2. The van der Waals surface area contributed by atoms with Gasteiger partial charge in [0.05, 0.1) is 0 Å². The molecule has 0 aromatic rings. The number of rotatable bonds is 2. The standard InChI is InChI=1S/C10H18ClNO/c1-8(2)12(10(11)13)9-6-4-3-5-7-9/h8-9H,3-7H2,1-2H3. The Balaban J connectivity index is 2.57. The molecule has 0 aromatic heterocycles. The molecule has 0 atom stereocenters. The van der Waals surface area contributed by atoms with Crippen molar-refractivity contribution in [3.05, 3.63) is 0 Å². The molecule has 1 aliphatic carbocycles. The van der Waals surface area contributed by atoms with E-state index in [1.807, 2.05) is 18.7 Å². The molecule has 0 heterocycles. The van der Waals surface area contributed by atoms with Crippen LogP contribution < -0.4 is 0 Å². The number of hydrogen-bond acceptors (Lipinski definition) is 1. The maximum Gasteiger partial charge on any atom is 0.316 e. The normalized spacial score (nSPS) is 19.1. The van der Waals surface area contributed by atoms with E-state index in [0.717, 1.165) is 12.8 Å². The summed E-state index contributed by atoms with van der Waals surface area (Å²) >= 11 is 5.56. The lowest BCUT2D eigenvalue weighted by atomic mass is 9.94. The summed E-state index contributed by atoms with van der Waals surface area (Å²) in [5.41, 5.74) is 0. The topological polar surface area (TPSA) is 20.3 Å². The summed E-state index contributed by atoms with van der Waals surface area (Å²) in [5, 5.41) is -0.290. The summed E-state index contributed by atoms with van der Waals surface area (Å²) in [4.78, 5) is 13.0. The van der Waals surface area contributed by atoms with Crippen LogP contribution in [0.1, 0.15) is 46.0 Å². The van der Waals surface area contributed by atoms with Gasteiger partial charge in [-0.25, -0.2) is 0 Å². The predicted molar refractivity (Wildman–Crippen MR) is 55.1 cm³/mol. The van der Waals surface area contributed by atoms with Gasteiger partial charge >= 0.3 is 5.37 Å². The van der Waals surface area contributed by atoms with Gasteiger partial charge in [0, 0.05) is 12.1 Å². The number of halogens is 1. The van der Waals surface area contributed by atoms with Gasteiger partial charge < -0.3 is 4.90 Å². The average Bonchev–Trinajstić information content (AvgIpc) is 2.04. The second-order valence-electron chi connectivity index (χ2n) is 4.05. The van der Waals surface area contributed by atoms with Crippen molar-refractivity contribution in [3.8, 4) is 0 Å². The van der Waals surface area contributed by atoms with Crippen molar-refractivity contribution in [3.63, 3.8) is 0 Å². The minimum absolute atomic E-state index is 0.230. The van der Waals surface area contributed by atoms with E-state index in [0.29, 0.717) is 6.04 Å². The molecular formula is C10H18ClNO. The van der Waals surface area contributed by atoms with Gasteiger partial charge in [0.25, 0.3) is 0 Å². The molecule has 1 rings (SSSR count). The van der Waals surface area contributed by atoms with E-state index in [2.05, 4.69) is 0 Å². The monoisotopic (exact) mass is 203 g/mol. The second-order valence-corrected chi connectivity index (χ2v) is 4.37. The molecule has 1 saturated carbocycles. The maximum absolute atomic E-state index is 11.2. The summed E-state index contributed by atoms with van der Waals surface area (Å²) in [6, 6.07) is 0.617. The zero-order valence-corrected chi connectivity index (χ0v) is 9.18. The van der Waals surface area contributed by atoms with Crippen molar-refractivity contribution in [2.75, 3.05) is 0 Å². The highest BCUT2D eigenvalue weighted by Gasteiger charge is 2.25. The van der Waals surface area contributed by atoms with Crippen LogP contribution in [0, 0.1) is 0 Å². The fraction of sp³-hybridized carbons (Fsp3) is 0.900. The van der Waals surface area contributed by atoms with Crippen molar-refractivity contribution in [2.24, 2.45) is 0 Å². The first kappa shape index (κ1) is 10.8. The molecule has 1 aliphatic rings. The van der Waals surface area contributed by atoms with Crippen LogP contribution in [0.15, 0.2) is 0 Å². The van der Waals surface area contributed by atoms with E-state index >= 15 is 0 Å². The summed E-state index contributed by atoms with van der Waals surface area (Å²) < 4.78 is 0. The van der Waals surface area contributed by atoms with E-state index in [4.69, 9.17) is 11.6 Å². The van der Waals surface area contributed by atoms with Crippen molar-refractivity contribution in [1.82, 2.24) is 4.90 Å².